The summed E-state index contributed by atoms with van der Waals surface area (Å²) >= 11 is 0. The lowest BCUT2D eigenvalue weighted by atomic mass is 9.94. The summed E-state index contributed by atoms with van der Waals surface area (Å²) in [7, 11) is 3.16. The van der Waals surface area contributed by atoms with Crippen LogP contribution in [0.3, 0.4) is 0 Å². The van der Waals surface area contributed by atoms with Crippen LogP contribution in [0, 0.1) is 5.82 Å². The largest absolute Gasteiger partial charge is 0.493 e. The summed E-state index contributed by atoms with van der Waals surface area (Å²) in [5.74, 6) is 0.601. The van der Waals surface area contributed by atoms with Gasteiger partial charge in [-0.15, -0.1) is 0 Å². The zero-order chi connectivity index (χ0) is 28.3. The summed E-state index contributed by atoms with van der Waals surface area (Å²) in [5.41, 5.74) is 2.67. The van der Waals surface area contributed by atoms with Crippen LogP contribution < -0.4 is 14.8 Å². The second-order valence-corrected chi connectivity index (χ2v) is 10.4. The van der Waals surface area contributed by atoms with Crippen LogP contribution in [0.2, 0.25) is 0 Å². The first-order chi connectivity index (χ1) is 19.5. The highest BCUT2D eigenvalue weighted by molar-refractivity contribution is 5.88. The van der Waals surface area contributed by atoms with Crippen LogP contribution in [0.25, 0.3) is 0 Å². The highest BCUT2D eigenvalue weighted by atomic mass is 19.1. The van der Waals surface area contributed by atoms with E-state index in [1.54, 1.807) is 31.3 Å². The van der Waals surface area contributed by atoms with Crippen LogP contribution >= 0.6 is 0 Å². The van der Waals surface area contributed by atoms with E-state index in [0.29, 0.717) is 24.3 Å². The second kappa shape index (κ2) is 14.5. The number of hydrogen-bond donors (Lipinski definition) is 1. The molecule has 0 spiro atoms. The normalized spacial score (nSPS) is 14.3. The zero-order valence-corrected chi connectivity index (χ0v) is 23.4. The number of nitrogens with one attached hydrogen (secondary N) is 1. The van der Waals surface area contributed by atoms with Gasteiger partial charge in [0.05, 0.1) is 14.2 Å². The molecule has 1 fully saturated rings. The lowest BCUT2D eigenvalue weighted by molar-refractivity contribution is -0.141. The summed E-state index contributed by atoms with van der Waals surface area (Å²) in [5, 5.41) is 3.25. The molecular weight excluding hydrogens is 507 g/mol. The van der Waals surface area contributed by atoms with Crippen LogP contribution in [0.1, 0.15) is 55.2 Å². The Labute approximate surface area is 236 Å². The highest BCUT2D eigenvalue weighted by Gasteiger charge is 2.31. The predicted octanol–water partition coefficient (Wildman–Crippen LogP) is 5.86. The molecule has 7 heteroatoms. The SMILES string of the molecule is COc1ccc(CCC(=O)N(Cc2ccc(F)cc2)[C@H](Cc2ccccc2)C(=O)NC2CCCCC2)cc1OC. The Morgan fingerprint density at radius 1 is 0.875 bits per heavy atom. The first-order valence-corrected chi connectivity index (χ1v) is 14.1. The molecule has 0 unspecified atom stereocenters. The number of aryl methyl sites for hydroxylation is 1. The van der Waals surface area contributed by atoms with E-state index in [1.807, 2.05) is 48.5 Å². The van der Waals surface area contributed by atoms with Crippen molar-refractivity contribution < 1.29 is 23.5 Å². The van der Waals surface area contributed by atoms with Crippen LogP contribution in [-0.2, 0) is 29.0 Å². The van der Waals surface area contributed by atoms with Crippen molar-refractivity contribution in [1.82, 2.24) is 10.2 Å². The molecule has 2 amide bonds. The van der Waals surface area contributed by atoms with Crippen LogP contribution in [0.5, 0.6) is 11.5 Å². The minimum Gasteiger partial charge on any atom is -0.493 e. The van der Waals surface area contributed by atoms with Gasteiger partial charge >= 0.3 is 0 Å². The Morgan fingerprint density at radius 3 is 2.23 bits per heavy atom. The van der Waals surface area contributed by atoms with Gasteiger partial charge in [0, 0.05) is 25.4 Å². The number of amides is 2. The summed E-state index contributed by atoms with van der Waals surface area (Å²) in [4.78, 5) is 29.4. The molecule has 40 heavy (non-hydrogen) atoms. The first-order valence-electron chi connectivity index (χ1n) is 14.1. The molecule has 6 nitrogen and oxygen atoms in total. The smallest absolute Gasteiger partial charge is 0.243 e. The van der Waals surface area contributed by atoms with E-state index >= 15 is 0 Å². The average Bonchev–Trinajstić information content (AvgIpc) is 2.99. The number of methoxy groups -OCH3 is 2. The minimum absolute atomic E-state index is 0.120. The van der Waals surface area contributed by atoms with Crippen molar-refractivity contribution in [3.8, 4) is 11.5 Å². The Balaban J connectivity index is 1.60. The van der Waals surface area contributed by atoms with Crippen molar-refractivity contribution in [2.45, 2.75) is 70.0 Å². The van der Waals surface area contributed by atoms with Gasteiger partial charge in [-0.25, -0.2) is 4.39 Å². The minimum atomic E-state index is -0.702. The van der Waals surface area contributed by atoms with Crippen LogP contribution in [0.15, 0.2) is 72.8 Å². The molecule has 3 aromatic carbocycles. The molecule has 1 N–H and O–H groups in total. The van der Waals surface area contributed by atoms with Gasteiger partial charge < -0.3 is 19.7 Å². The van der Waals surface area contributed by atoms with Gasteiger partial charge in [0.1, 0.15) is 11.9 Å². The predicted molar refractivity (Wildman–Crippen MR) is 154 cm³/mol. The van der Waals surface area contributed by atoms with Crippen molar-refractivity contribution in [3.63, 3.8) is 0 Å². The summed E-state index contributed by atoms with van der Waals surface area (Å²) in [6.07, 6.45) is 6.35. The maximum absolute atomic E-state index is 13.9. The summed E-state index contributed by atoms with van der Waals surface area (Å²) < 4.78 is 24.4. The number of ether oxygens (including phenoxy) is 2. The number of benzene rings is 3. The van der Waals surface area contributed by atoms with E-state index in [-0.39, 0.29) is 36.6 Å². The van der Waals surface area contributed by atoms with Gasteiger partial charge in [-0.2, -0.15) is 0 Å². The topological polar surface area (TPSA) is 67.9 Å². The lowest BCUT2D eigenvalue weighted by Crippen LogP contribution is -2.52. The van der Waals surface area contributed by atoms with Gasteiger partial charge in [-0.05, 0) is 60.2 Å². The number of rotatable bonds is 12. The molecule has 1 aliphatic rings. The Morgan fingerprint density at radius 2 is 1.55 bits per heavy atom. The maximum atomic E-state index is 13.9. The number of nitrogens with zero attached hydrogens (tertiary/aromatic N) is 1. The van der Waals surface area contributed by atoms with E-state index in [2.05, 4.69) is 5.32 Å². The molecule has 0 saturated heterocycles. The van der Waals surface area contributed by atoms with Crippen molar-refractivity contribution in [1.29, 1.82) is 0 Å². The van der Waals surface area contributed by atoms with Crippen molar-refractivity contribution in [2.24, 2.45) is 0 Å². The molecule has 0 heterocycles. The first kappa shape index (κ1) is 29.1. The molecule has 1 atom stereocenters. The second-order valence-electron chi connectivity index (χ2n) is 10.4. The lowest BCUT2D eigenvalue weighted by Gasteiger charge is -2.33. The maximum Gasteiger partial charge on any atom is 0.243 e. The van der Waals surface area contributed by atoms with E-state index in [0.717, 1.165) is 42.4 Å². The van der Waals surface area contributed by atoms with E-state index in [1.165, 1.54) is 18.6 Å². The average molecular weight is 547 g/mol. The summed E-state index contributed by atoms with van der Waals surface area (Å²) in [6.45, 7) is 0.209. The fourth-order valence-corrected chi connectivity index (χ4v) is 5.32. The molecule has 0 radical (unpaired) electrons. The van der Waals surface area contributed by atoms with Crippen molar-refractivity contribution in [3.05, 3.63) is 95.3 Å². The van der Waals surface area contributed by atoms with Gasteiger partial charge in [0.25, 0.3) is 0 Å². The Hall–Kier alpha value is -3.87. The molecule has 0 aliphatic heterocycles. The highest BCUT2D eigenvalue weighted by Crippen LogP contribution is 2.28. The third-order valence-electron chi connectivity index (χ3n) is 7.56. The van der Waals surface area contributed by atoms with Gasteiger partial charge in [-0.3, -0.25) is 9.59 Å². The van der Waals surface area contributed by atoms with Gasteiger partial charge in [-0.1, -0.05) is 67.8 Å². The van der Waals surface area contributed by atoms with Crippen LogP contribution in [-0.4, -0.2) is 43.0 Å². The standard InChI is InChI=1S/C33H39FN2O4/c1-39-30-19-15-25(22-31(30)40-2)16-20-32(37)36(23-26-13-17-27(34)18-14-26)29(21-24-9-5-3-6-10-24)33(38)35-28-11-7-4-8-12-28/h3,5-6,9-10,13-15,17-19,22,28-29H,4,7-8,11-12,16,20-21,23H2,1-2H3,(H,35,38)/t29-/m1/s1. The van der Waals surface area contributed by atoms with E-state index in [9.17, 15) is 14.0 Å². The quantitative estimate of drug-likeness (QED) is 0.309. The summed E-state index contributed by atoms with van der Waals surface area (Å²) in [6, 6.07) is 20.9. The third kappa shape index (κ3) is 8.07. The van der Waals surface area contributed by atoms with E-state index < -0.39 is 6.04 Å². The molecular formula is C33H39FN2O4. The van der Waals surface area contributed by atoms with Crippen molar-refractivity contribution in [2.75, 3.05) is 14.2 Å². The molecule has 212 valence electrons. The molecule has 1 saturated carbocycles. The number of carbonyl (C=O) groups is 2. The number of hydrogen-bond acceptors (Lipinski definition) is 4. The molecule has 0 bridgehead atoms. The number of carbonyl (C=O) groups excluding carboxylic acids is 2. The molecule has 0 aromatic heterocycles. The Bertz CT molecular complexity index is 1240. The monoisotopic (exact) mass is 546 g/mol. The number of halogens is 1. The molecule has 4 rings (SSSR count). The van der Waals surface area contributed by atoms with Gasteiger partial charge in [0.2, 0.25) is 11.8 Å². The molecule has 3 aromatic rings. The third-order valence-corrected chi connectivity index (χ3v) is 7.56. The fraction of sp³-hybridized carbons (Fsp3) is 0.394. The fourth-order valence-electron chi connectivity index (χ4n) is 5.32. The van der Waals surface area contributed by atoms with Crippen LogP contribution in [0.4, 0.5) is 4.39 Å². The van der Waals surface area contributed by atoms with Crippen molar-refractivity contribution >= 4 is 11.8 Å². The molecule has 1 aliphatic carbocycles. The van der Waals surface area contributed by atoms with E-state index in [4.69, 9.17) is 9.47 Å². The zero-order valence-electron chi connectivity index (χ0n) is 23.4. The Kier molecular flexibility index (Phi) is 10.6. The van der Waals surface area contributed by atoms with Gasteiger partial charge in [0.15, 0.2) is 11.5 Å².